The standard InChI is InChI=1S/C14H21N3O2/c1-15-14(19)13-8-11(6-7-16-13)17-12-5-3-2-4-10(12)9-18/h6-8,10,12,18H,2-5,9H2,1H3,(H,15,19)(H,16,17). The highest BCUT2D eigenvalue weighted by molar-refractivity contribution is 5.92. The zero-order valence-corrected chi connectivity index (χ0v) is 11.2. The van der Waals surface area contributed by atoms with E-state index in [9.17, 15) is 9.90 Å². The van der Waals surface area contributed by atoms with Gasteiger partial charge >= 0.3 is 0 Å². The number of rotatable bonds is 4. The van der Waals surface area contributed by atoms with E-state index in [0.717, 1.165) is 18.5 Å². The van der Waals surface area contributed by atoms with E-state index in [2.05, 4.69) is 15.6 Å². The van der Waals surface area contributed by atoms with Crippen LogP contribution < -0.4 is 10.6 Å². The number of aliphatic hydroxyl groups is 1. The smallest absolute Gasteiger partial charge is 0.269 e. The minimum absolute atomic E-state index is 0.189. The summed E-state index contributed by atoms with van der Waals surface area (Å²) in [5.41, 5.74) is 1.29. The van der Waals surface area contributed by atoms with Crippen LogP contribution in [0.25, 0.3) is 0 Å². The molecule has 0 aromatic carbocycles. The normalized spacial score (nSPS) is 22.8. The summed E-state index contributed by atoms with van der Waals surface area (Å²) in [6.07, 6.45) is 6.11. The Bertz CT molecular complexity index is 436. The van der Waals surface area contributed by atoms with Crippen molar-refractivity contribution in [1.82, 2.24) is 10.3 Å². The Morgan fingerprint density at radius 1 is 1.47 bits per heavy atom. The van der Waals surface area contributed by atoms with E-state index >= 15 is 0 Å². The maximum atomic E-state index is 11.5. The molecule has 2 rings (SSSR count). The fourth-order valence-electron chi connectivity index (χ4n) is 2.60. The van der Waals surface area contributed by atoms with Gasteiger partial charge in [-0.05, 0) is 25.0 Å². The molecule has 1 aromatic rings. The summed E-state index contributed by atoms with van der Waals surface area (Å²) in [5.74, 6) is 0.108. The average molecular weight is 263 g/mol. The SMILES string of the molecule is CNC(=O)c1cc(NC2CCCCC2CO)ccn1. The Morgan fingerprint density at radius 3 is 3.00 bits per heavy atom. The summed E-state index contributed by atoms with van der Waals surface area (Å²) in [6, 6.07) is 3.89. The highest BCUT2D eigenvalue weighted by Gasteiger charge is 2.24. The monoisotopic (exact) mass is 263 g/mol. The fourth-order valence-corrected chi connectivity index (χ4v) is 2.60. The number of amides is 1. The number of hydrogen-bond acceptors (Lipinski definition) is 4. The number of carbonyl (C=O) groups is 1. The topological polar surface area (TPSA) is 74.2 Å². The van der Waals surface area contributed by atoms with E-state index in [-0.39, 0.29) is 18.6 Å². The van der Waals surface area contributed by atoms with Gasteiger partial charge < -0.3 is 15.7 Å². The van der Waals surface area contributed by atoms with E-state index in [0.29, 0.717) is 11.6 Å². The first-order chi connectivity index (χ1) is 9.24. The highest BCUT2D eigenvalue weighted by atomic mass is 16.3. The summed E-state index contributed by atoms with van der Waals surface area (Å²) < 4.78 is 0. The van der Waals surface area contributed by atoms with Crippen LogP contribution in [0, 0.1) is 5.92 Å². The van der Waals surface area contributed by atoms with E-state index in [1.807, 2.05) is 6.07 Å². The molecule has 1 aromatic heterocycles. The van der Waals surface area contributed by atoms with Crippen LogP contribution in [0.4, 0.5) is 5.69 Å². The molecule has 0 radical (unpaired) electrons. The first-order valence-electron chi connectivity index (χ1n) is 6.80. The third-order valence-electron chi connectivity index (χ3n) is 3.72. The number of hydrogen-bond donors (Lipinski definition) is 3. The van der Waals surface area contributed by atoms with Crippen molar-refractivity contribution in [3.63, 3.8) is 0 Å². The molecule has 1 aliphatic rings. The molecule has 1 aliphatic carbocycles. The molecular formula is C14H21N3O2. The molecule has 3 N–H and O–H groups in total. The molecule has 1 fully saturated rings. The van der Waals surface area contributed by atoms with Gasteiger partial charge in [-0.3, -0.25) is 9.78 Å². The van der Waals surface area contributed by atoms with Crippen LogP contribution in [0.3, 0.4) is 0 Å². The predicted molar refractivity (Wildman–Crippen MR) is 74.1 cm³/mol. The summed E-state index contributed by atoms with van der Waals surface area (Å²) in [4.78, 5) is 15.6. The van der Waals surface area contributed by atoms with Crippen molar-refractivity contribution in [3.05, 3.63) is 24.0 Å². The molecule has 1 saturated carbocycles. The number of carbonyl (C=O) groups excluding carboxylic acids is 1. The second-order valence-electron chi connectivity index (χ2n) is 4.99. The van der Waals surface area contributed by atoms with Gasteiger partial charge in [-0.1, -0.05) is 12.8 Å². The zero-order valence-electron chi connectivity index (χ0n) is 11.2. The first kappa shape index (κ1) is 13.8. The molecule has 1 amide bonds. The van der Waals surface area contributed by atoms with E-state index in [1.54, 1.807) is 19.3 Å². The van der Waals surface area contributed by atoms with Gasteiger partial charge in [-0.15, -0.1) is 0 Å². The molecule has 5 heteroatoms. The van der Waals surface area contributed by atoms with Crippen molar-refractivity contribution in [2.45, 2.75) is 31.7 Å². The minimum Gasteiger partial charge on any atom is -0.396 e. The highest BCUT2D eigenvalue weighted by Crippen LogP contribution is 2.26. The third-order valence-corrected chi connectivity index (χ3v) is 3.72. The van der Waals surface area contributed by atoms with Crippen molar-refractivity contribution in [2.24, 2.45) is 5.92 Å². The number of nitrogens with zero attached hydrogens (tertiary/aromatic N) is 1. The predicted octanol–water partition coefficient (Wildman–Crippen LogP) is 1.40. The molecule has 0 spiro atoms. The maximum Gasteiger partial charge on any atom is 0.269 e. The quantitative estimate of drug-likeness (QED) is 0.767. The van der Waals surface area contributed by atoms with Gasteiger partial charge in [0.2, 0.25) is 0 Å². The Labute approximate surface area is 113 Å². The van der Waals surface area contributed by atoms with Gasteiger partial charge in [0, 0.05) is 37.5 Å². The maximum absolute atomic E-state index is 11.5. The van der Waals surface area contributed by atoms with Crippen LogP contribution in [0.5, 0.6) is 0 Å². The Morgan fingerprint density at radius 2 is 2.26 bits per heavy atom. The second kappa shape index (κ2) is 6.52. The molecule has 5 nitrogen and oxygen atoms in total. The Balaban J connectivity index is 2.07. The number of aliphatic hydroxyl groups excluding tert-OH is 1. The number of pyridine rings is 1. The molecule has 19 heavy (non-hydrogen) atoms. The molecule has 104 valence electrons. The van der Waals surface area contributed by atoms with Crippen LogP contribution in [0.15, 0.2) is 18.3 Å². The first-order valence-corrected chi connectivity index (χ1v) is 6.80. The molecule has 0 saturated heterocycles. The number of nitrogens with one attached hydrogen (secondary N) is 2. The van der Waals surface area contributed by atoms with Crippen LogP contribution in [0.2, 0.25) is 0 Å². The fraction of sp³-hybridized carbons (Fsp3) is 0.571. The Kier molecular flexibility index (Phi) is 4.74. The lowest BCUT2D eigenvalue weighted by atomic mass is 9.85. The average Bonchev–Trinajstić information content (AvgIpc) is 2.47. The summed E-state index contributed by atoms with van der Waals surface area (Å²) >= 11 is 0. The largest absolute Gasteiger partial charge is 0.396 e. The van der Waals surface area contributed by atoms with Crippen molar-refractivity contribution < 1.29 is 9.90 Å². The minimum atomic E-state index is -0.189. The second-order valence-corrected chi connectivity index (χ2v) is 4.99. The van der Waals surface area contributed by atoms with Gasteiger partial charge in [0.05, 0.1) is 0 Å². The molecule has 1 heterocycles. The van der Waals surface area contributed by atoms with Gasteiger partial charge in [0.1, 0.15) is 5.69 Å². The van der Waals surface area contributed by atoms with Gasteiger partial charge in [-0.25, -0.2) is 0 Å². The van der Waals surface area contributed by atoms with Gasteiger partial charge in [0.25, 0.3) is 5.91 Å². The molecule has 0 aliphatic heterocycles. The van der Waals surface area contributed by atoms with Crippen LogP contribution >= 0.6 is 0 Å². The van der Waals surface area contributed by atoms with Crippen LogP contribution in [0.1, 0.15) is 36.2 Å². The third kappa shape index (κ3) is 3.44. The van der Waals surface area contributed by atoms with Crippen LogP contribution in [-0.2, 0) is 0 Å². The molecule has 2 unspecified atom stereocenters. The molecular weight excluding hydrogens is 242 g/mol. The number of aromatic nitrogens is 1. The van der Waals surface area contributed by atoms with Crippen molar-refractivity contribution in [3.8, 4) is 0 Å². The lowest BCUT2D eigenvalue weighted by Crippen LogP contribution is -2.34. The lowest BCUT2D eigenvalue weighted by Gasteiger charge is -2.31. The van der Waals surface area contributed by atoms with Gasteiger partial charge in [0.15, 0.2) is 0 Å². The van der Waals surface area contributed by atoms with Gasteiger partial charge in [-0.2, -0.15) is 0 Å². The summed E-state index contributed by atoms with van der Waals surface area (Å²) in [7, 11) is 1.59. The number of anilines is 1. The molecule has 0 bridgehead atoms. The summed E-state index contributed by atoms with van der Waals surface area (Å²) in [5, 5.41) is 15.4. The van der Waals surface area contributed by atoms with Crippen molar-refractivity contribution in [2.75, 3.05) is 19.0 Å². The summed E-state index contributed by atoms with van der Waals surface area (Å²) in [6.45, 7) is 0.213. The van der Waals surface area contributed by atoms with E-state index in [1.165, 1.54) is 12.8 Å². The van der Waals surface area contributed by atoms with E-state index < -0.39 is 0 Å². The van der Waals surface area contributed by atoms with Crippen molar-refractivity contribution in [1.29, 1.82) is 0 Å². The Hall–Kier alpha value is -1.62. The molecule has 2 atom stereocenters. The van der Waals surface area contributed by atoms with Crippen LogP contribution in [-0.4, -0.2) is 35.7 Å². The zero-order chi connectivity index (χ0) is 13.7. The van der Waals surface area contributed by atoms with Crippen molar-refractivity contribution >= 4 is 11.6 Å². The lowest BCUT2D eigenvalue weighted by molar-refractivity contribution is 0.0958. The van der Waals surface area contributed by atoms with E-state index in [4.69, 9.17) is 0 Å².